The minimum atomic E-state index is 0.559. The summed E-state index contributed by atoms with van der Waals surface area (Å²) in [5, 5.41) is 6.97. The van der Waals surface area contributed by atoms with Crippen LogP contribution in [0.1, 0.15) is 0 Å². The summed E-state index contributed by atoms with van der Waals surface area (Å²) in [5.74, 6) is 1.79. The van der Waals surface area contributed by atoms with E-state index in [-0.39, 0.29) is 0 Å². The van der Waals surface area contributed by atoms with Gasteiger partial charge < -0.3 is 4.57 Å². The number of nitrogens with zero attached hydrogens (tertiary/aromatic N) is 5. The molecule has 1 aliphatic rings. The molecule has 0 atom stereocenters. The highest BCUT2D eigenvalue weighted by molar-refractivity contribution is 7.26. The average Bonchev–Trinajstić information content (AvgIpc) is 4.07. The third kappa shape index (κ3) is 5.55. The van der Waals surface area contributed by atoms with Crippen molar-refractivity contribution in [3.8, 4) is 78.9 Å². The molecule has 0 spiro atoms. The zero-order chi connectivity index (χ0) is 45.2. The Morgan fingerprint density at radius 3 is 1.62 bits per heavy atom. The molecule has 0 saturated heterocycles. The number of benzene rings is 10. The Balaban J connectivity index is 1.10. The van der Waals surface area contributed by atoms with E-state index in [9.17, 15) is 0 Å². The van der Waals surface area contributed by atoms with Crippen LogP contribution < -0.4 is 0 Å². The minimum Gasteiger partial charge on any atom is -0.306 e. The van der Waals surface area contributed by atoms with Gasteiger partial charge in [-0.3, -0.25) is 4.57 Å². The van der Waals surface area contributed by atoms with E-state index in [0.29, 0.717) is 17.6 Å². The van der Waals surface area contributed by atoms with E-state index < -0.39 is 0 Å². The molecule has 0 amide bonds. The van der Waals surface area contributed by atoms with Crippen LogP contribution in [0, 0.1) is 0 Å². The van der Waals surface area contributed by atoms with Crippen molar-refractivity contribution in [3.05, 3.63) is 224 Å². The summed E-state index contributed by atoms with van der Waals surface area (Å²) < 4.78 is 7.24. The Morgan fingerprint density at radius 1 is 0.304 bits per heavy atom. The molecule has 0 unspecified atom stereocenters. The zero-order valence-corrected chi connectivity index (χ0v) is 37.8. The van der Waals surface area contributed by atoms with Crippen molar-refractivity contribution in [2.75, 3.05) is 0 Å². The molecule has 0 fully saturated rings. The topological polar surface area (TPSA) is 48.5 Å². The highest BCUT2D eigenvalue weighted by Gasteiger charge is 2.29. The van der Waals surface area contributed by atoms with Gasteiger partial charge in [0.05, 0.1) is 27.8 Å². The molecule has 320 valence electrons. The Morgan fingerprint density at radius 2 is 0.841 bits per heavy atom. The van der Waals surface area contributed by atoms with Gasteiger partial charge in [-0.25, -0.2) is 4.98 Å². The third-order valence-corrected chi connectivity index (χ3v) is 15.3. The van der Waals surface area contributed by atoms with Gasteiger partial charge in [-0.15, -0.1) is 11.3 Å². The van der Waals surface area contributed by atoms with Crippen LogP contribution in [0.25, 0.3) is 143 Å². The molecule has 15 rings (SSSR count). The highest BCUT2D eigenvalue weighted by atomic mass is 32.1. The van der Waals surface area contributed by atoms with Gasteiger partial charge in [0.1, 0.15) is 0 Å². The summed E-state index contributed by atoms with van der Waals surface area (Å²) in [6, 6.07) is 80.7. The number of hydrogen-bond acceptors (Lipinski definition) is 4. The van der Waals surface area contributed by atoms with Crippen LogP contribution in [0.15, 0.2) is 224 Å². The molecular weight excluding hydrogens is 859 g/mol. The van der Waals surface area contributed by atoms with Gasteiger partial charge in [0, 0.05) is 64.0 Å². The maximum Gasteiger partial charge on any atom is 0.238 e. The Kier molecular flexibility index (Phi) is 8.17. The van der Waals surface area contributed by atoms with Crippen LogP contribution in [-0.4, -0.2) is 24.1 Å². The Bertz CT molecular complexity index is 4410. The zero-order valence-electron chi connectivity index (χ0n) is 37.0. The summed E-state index contributed by atoms with van der Waals surface area (Å²) >= 11 is 1.83. The van der Waals surface area contributed by atoms with Crippen LogP contribution in [0.2, 0.25) is 0 Å². The van der Waals surface area contributed by atoms with E-state index in [2.05, 4.69) is 228 Å². The van der Waals surface area contributed by atoms with Crippen molar-refractivity contribution >= 4 is 75.1 Å². The number of rotatable bonds is 5. The van der Waals surface area contributed by atoms with Crippen molar-refractivity contribution < 1.29 is 0 Å². The number of aromatic nitrogens is 5. The summed E-state index contributed by atoms with van der Waals surface area (Å²) in [5.41, 5.74) is 16.9. The molecule has 1 aliphatic heterocycles. The van der Waals surface area contributed by atoms with Crippen LogP contribution in [0.5, 0.6) is 0 Å². The minimum absolute atomic E-state index is 0.559. The van der Waals surface area contributed by atoms with Crippen molar-refractivity contribution in [2.45, 2.75) is 0 Å². The van der Waals surface area contributed by atoms with Crippen molar-refractivity contribution in [1.29, 1.82) is 0 Å². The fraction of sp³-hybridized carbons (Fsp3) is 0. The largest absolute Gasteiger partial charge is 0.306 e. The lowest BCUT2D eigenvalue weighted by molar-refractivity contribution is 0.954. The fourth-order valence-electron chi connectivity index (χ4n) is 11.2. The molecule has 4 aromatic heterocycles. The molecule has 69 heavy (non-hydrogen) atoms. The van der Waals surface area contributed by atoms with Gasteiger partial charge in [0.15, 0.2) is 11.6 Å². The predicted octanol–water partition coefficient (Wildman–Crippen LogP) is 16.7. The second kappa shape index (κ2) is 14.8. The first-order chi connectivity index (χ1) is 34.3. The van der Waals surface area contributed by atoms with E-state index >= 15 is 0 Å². The predicted molar refractivity (Wildman–Crippen MR) is 288 cm³/mol. The lowest BCUT2D eigenvalue weighted by Crippen LogP contribution is -2.07. The van der Waals surface area contributed by atoms with Crippen LogP contribution >= 0.6 is 11.3 Å². The van der Waals surface area contributed by atoms with Crippen molar-refractivity contribution in [1.82, 2.24) is 24.1 Å². The second-order valence-corrected chi connectivity index (χ2v) is 18.9. The molecule has 6 heteroatoms. The molecule has 0 bridgehead atoms. The Hall–Kier alpha value is -8.97. The molecule has 14 aromatic rings. The SMILES string of the molecule is c1ccc(-c2nc(-c3ccc(-c4ccccc4)c4sc5cccc(-c6ccccc6)c5c34)nc(-n3c4ccccc4c4ccc5c6cccc7c6n(c5c43)-c3ccccc3-c3ccccc3-7)n2)cc1. The number of para-hydroxylation sites is 3. The number of hydrogen-bond donors (Lipinski definition) is 0. The molecule has 0 N–H and O–H groups in total. The van der Waals surface area contributed by atoms with Gasteiger partial charge in [-0.05, 0) is 57.6 Å². The number of thiophene rings is 1. The molecule has 0 saturated carbocycles. The van der Waals surface area contributed by atoms with Crippen LogP contribution in [0.3, 0.4) is 0 Å². The quantitative estimate of drug-likeness (QED) is 0.173. The molecule has 10 aromatic carbocycles. The van der Waals surface area contributed by atoms with Gasteiger partial charge in [0.2, 0.25) is 5.95 Å². The second-order valence-electron chi connectivity index (χ2n) is 17.8. The first kappa shape index (κ1) is 38.2. The Labute approximate surface area is 400 Å². The fourth-order valence-corrected chi connectivity index (χ4v) is 12.5. The van der Waals surface area contributed by atoms with Crippen molar-refractivity contribution in [2.24, 2.45) is 0 Å². The van der Waals surface area contributed by atoms with Gasteiger partial charge in [-0.2, -0.15) is 9.97 Å². The monoisotopic (exact) mass is 895 g/mol. The first-order valence-electron chi connectivity index (χ1n) is 23.4. The van der Waals surface area contributed by atoms with E-state index in [0.717, 1.165) is 49.5 Å². The lowest BCUT2D eigenvalue weighted by Gasteiger charge is -2.15. The maximum absolute atomic E-state index is 5.69. The highest BCUT2D eigenvalue weighted by Crippen LogP contribution is 2.50. The van der Waals surface area contributed by atoms with E-state index in [1.165, 1.54) is 75.6 Å². The van der Waals surface area contributed by atoms with E-state index in [4.69, 9.17) is 15.0 Å². The maximum atomic E-state index is 5.69. The molecule has 0 aliphatic carbocycles. The standard InChI is InChI=1S/C63H37N5S/c1-4-18-38(19-5-1)41-28-17-33-54-55(41)56-51(37-34-42(60(56)69-54)39-20-6-2-7-21-39)62-64-61(40-22-8-3-9-23-40)65-63(66-62)68-53-32-15-13-27-46(53)49-35-36-50-48-30-16-29-47-44-25-11-10-24-43(44)45-26-12-14-31-52(45)67(57(47)48)58(50)59(49)68/h1-37H. The molecule has 0 radical (unpaired) electrons. The van der Waals surface area contributed by atoms with E-state index in [1.807, 2.05) is 17.4 Å². The lowest BCUT2D eigenvalue weighted by atomic mass is 9.94. The summed E-state index contributed by atoms with van der Waals surface area (Å²) in [4.78, 5) is 16.7. The first-order valence-corrected chi connectivity index (χ1v) is 24.2. The number of fused-ring (bicyclic) bond motifs is 15. The van der Waals surface area contributed by atoms with Gasteiger partial charge in [0.25, 0.3) is 0 Å². The van der Waals surface area contributed by atoms with Crippen molar-refractivity contribution in [3.63, 3.8) is 0 Å². The molecule has 5 nitrogen and oxygen atoms in total. The summed E-state index contributed by atoms with van der Waals surface area (Å²) in [6.07, 6.45) is 0. The molecular formula is C63H37N5S. The summed E-state index contributed by atoms with van der Waals surface area (Å²) in [7, 11) is 0. The summed E-state index contributed by atoms with van der Waals surface area (Å²) in [6.45, 7) is 0. The van der Waals surface area contributed by atoms with Crippen LogP contribution in [-0.2, 0) is 0 Å². The van der Waals surface area contributed by atoms with Crippen LogP contribution in [0.4, 0.5) is 0 Å². The third-order valence-electron chi connectivity index (χ3n) is 14.1. The smallest absolute Gasteiger partial charge is 0.238 e. The van der Waals surface area contributed by atoms with Gasteiger partial charge in [-0.1, -0.05) is 200 Å². The van der Waals surface area contributed by atoms with Gasteiger partial charge >= 0.3 is 0 Å². The van der Waals surface area contributed by atoms with E-state index in [1.54, 1.807) is 0 Å². The normalized spacial score (nSPS) is 12.1. The molecule has 5 heterocycles. The average molecular weight is 896 g/mol.